The van der Waals surface area contributed by atoms with E-state index in [0.717, 1.165) is 13.0 Å². The number of hydrogen-bond donors (Lipinski definition) is 2. The van der Waals surface area contributed by atoms with Gasteiger partial charge >= 0.3 is 0 Å². The number of hydrogen-bond acceptors (Lipinski definition) is 4. The van der Waals surface area contributed by atoms with Crippen LogP contribution in [0.1, 0.15) is 26.7 Å². The zero-order chi connectivity index (χ0) is 13.3. The first-order valence-electron chi connectivity index (χ1n) is 6.33. The molecule has 2 aliphatic rings. The van der Waals surface area contributed by atoms with Gasteiger partial charge < -0.3 is 10.2 Å². The molecule has 2 saturated heterocycles. The van der Waals surface area contributed by atoms with Crippen molar-refractivity contribution in [3.63, 3.8) is 0 Å². The van der Waals surface area contributed by atoms with Gasteiger partial charge in [0.25, 0.3) is 0 Å². The minimum Gasteiger partial charge on any atom is -0.321 e. The number of nitrogens with zero attached hydrogens (tertiary/aromatic N) is 1. The van der Waals surface area contributed by atoms with Crippen molar-refractivity contribution in [2.45, 2.75) is 32.7 Å². The fraction of sp³-hybridized carbons (Fsp3) is 0.750. The Balaban J connectivity index is 2.21. The first kappa shape index (κ1) is 13.0. The lowest BCUT2D eigenvalue weighted by Crippen LogP contribution is -2.62. The second-order valence-electron chi connectivity index (χ2n) is 5.26. The van der Waals surface area contributed by atoms with Crippen LogP contribution in [0.3, 0.4) is 0 Å². The molecular weight excluding hydrogens is 234 g/mol. The molecule has 2 aliphatic heterocycles. The van der Waals surface area contributed by atoms with Crippen LogP contribution in [0.4, 0.5) is 0 Å². The van der Waals surface area contributed by atoms with Crippen molar-refractivity contribution in [2.75, 3.05) is 19.6 Å². The molecule has 0 spiro atoms. The van der Waals surface area contributed by atoms with E-state index in [9.17, 15) is 14.4 Å². The van der Waals surface area contributed by atoms with E-state index in [4.69, 9.17) is 0 Å². The van der Waals surface area contributed by atoms with Crippen molar-refractivity contribution >= 4 is 17.7 Å². The summed E-state index contributed by atoms with van der Waals surface area (Å²) in [6.07, 6.45) is 1.27. The van der Waals surface area contributed by atoms with Crippen LogP contribution in [0.2, 0.25) is 0 Å². The van der Waals surface area contributed by atoms with Gasteiger partial charge in [-0.25, -0.2) is 0 Å². The average Bonchev–Trinajstić information content (AvgIpc) is 2.75. The SMILES string of the molecule is CCC1C(=O)NC(=O)CN1C(=O)C1(C)CCNC1. The van der Waals surface area contributed by atoms with Crippen molar-refractivity contribution in [2.24, 2.45) is 5.41 Å². The summed E-state index contributed by atoms with van der Waals surface area (Å²) in [5.74, 6) is -0.855. The molecule has 2 atom stereocenters. The molecule has 0 aromatic heterocycles. The third-order valence-corrected chi connectivity index (χ3v) is 3.79. The van der Waals surface area contributed by atoms with E-state index in [2.05, 4.69) is 10.6 Å². The summed E-state index contributed by atoms with van der Waals surface area (Å²) in [6, 6.07) is -0.521. The molecule has 3 amide bonds. The molecule has 6 heteroatoms. The van der Waals surface area contributed by atoms with E-state index in [1.54, 1.807) is 0 Å². The van der Waals surface area contributed by atoms with Crippen LogP contribution in [-0.4, -0.2) is 48.3 Å². The maximum Gasteiger partial charge on any atom is 0.249 e. The lowest BCUT2D eigenvalue weighted by Gasteiger charge is -2.38. The molecule has 0 aromatic rings. The summed E-state index contributed by atoms with van der Waals surface area (Å²) < 4.78 is 0. The second kappa shape index (κ2) is 4.68. The maximum absolute atomic E-state index is 12.5. The zero-order valence-corrected chi connectivity index (χ0v) is 10.8. The molecule has 2 fully saturated rings. The average molecular weight is 253 g/mol. The Kier molecular flexibility index (Phi) is 3.38. The molecule has 2 rings (SSSR count). The van der Waals surface area contributed by atoms with E-state index in [1.165, 1.54) is 4.90 Å². The van der Waals surface area contributed by atoms with Crippen molar-refractivity contribution in [3.8, 4) is 0 Å². The van der Waals surface area contributed by atoms with Gasteiger partial charge in [-0.2, -0.15) is 0 Å². The summed E-state index contributed by atoms with van der Waals surface area (Å²) in [7, 11) is 0. The van der Waals surface area contributed by atoms with Gasteiger partial charge in [-0.05, 0) is 26.3 Å². The number of amides is 3. The zero-order valence-electron chi connectivity index (χ0n) is 10.8. The van der Waals surface area contributed by atoms with E-state index < -0.39 is 17.4 Å². The standard InChI is InChI=1S/C12H19N3O3/c1-3-8-10(17)14-9(16)6-15(8)11(18)12(2)4-5-13-7-12/h8,13H,3-7H2,1-2H3,(H,14,16,17). The van der Waals surface area contributed by atoms with Crippen molar-refractivity contribution < 1.29 is 14.4 Å². The van der Waals surface area contributed by atoms with Crippen LogP contribution in [0.15, 0.2) is 0 Å². The quantitative estimate of drug-likeness (QED) is 0.635. The fourth-order valence-electron chi connectivity index (χ4n) is 2.63. The summed E-state index contributed by atoms with van der Waals surface area (Å²) in [5, 5.41) is 5.44. The van der Waals surface area contributed by atoms with Crippen LogP contribution < -0.4 is 10.6 Å². The Hall–Kier alpha value is -1.43. The number of imide groups is 1. The predicted molar refractivity (Wildman–Crippen MR) is 64.5 cm³/mol. The molecule has 0 saturated carbocycles. The molecule has 6 nitrogen and oxygen atoms in total. The number of nitrogens with one attached hydrogen (secondary N) is 2. The van der Waals surface area contributed by atoms with Crippen LogP contribution in [0, 0.1) is 5.41 Å². The third-order valence-electron chi connectivity index (χ3n) is 3.79. The number of carbonyl (C=O) groups is 3. The summed E-state index contributed by atoms with van der Waals surface area (Å²) in [5.41, 5.74) is -0.495. The van der Waals surface area contributed by atoms with Crippen LogP contribution in [0.5, 0.6) is 0 Å². The Bertz CT molecular complexity index is 388. The highest BCUT2D eigenvalue weighted by Crippen LogP contribution is 2.29. The Morgan fingerprint density at radius 2 is 2.22 bits per heavy atom. The number of rotatable bonds is 2. The van der Waals surface area contributed by atoms with Crippen molar-refractivity contribution in [1.82, 2.24) is 15.5 Å². The first-order chi connectivity index (χ1) is 8.48. The maximum atomic E-state index is 12.5. The van der Waals surface area contributed by atoms with Crippen LogP contribution in [-0.2, 0) is 14.4 Å². The highest BCUT2D eigenvalue weighted by atomic mass is 16.2. The molecular formula is C12H19N3O3. The Labute approximate surface area is 106 Å². The second-order valence-corrected chi connectivity index (χ2v) is 5.26. The molecule has 2 N–H and O–H groups in total. The fourth-order valence-corrected chi connectivity index (χ4v) is 2.63. The van der Waals surface area contributed by atoms with E-state index in [-0.39, 0.29) is 18.4 Å². The monoisotopic (exact) mass is 253 g/mol. The van der Waals surface area contributed by atoms with Gasteiger partial charge in [-0.15, -0.1) is 0 Å². The van der Waals surface area contributed by atoms with Crippen LogP contribution >= 0.6 is 0 Å². The summed E-state index contributed by atoms with van der Waals surface area (Å²) in [6.45, 7) is 5.12. The van der Waals surface area contributed by atoms with E-state index in [1.807, 2.05) is 13.8 Å². The smallest absolute Gasteiger partial charge is 0.249 e. The van der Waals surface area contributed by atoms with Gasteiger partial charge in [0, 0.05) is 6.54 Å². The molecule has 0 aliphatic carbocycles. The highest BCUT2D eigenvalue weighted by molar-refractivity contribution is 6.04. The van der Waals surface area contributed by atoms with Crippen LogP contribution in [0.25, 0.3) is 0 Å². The predicted octanol–water partition coefficient (Wildman–Crippen LogP) is -0.750. The largest absolute Gasteiger partial charge is 0.321 e. The minimum atomic E-state index is -0.521. The molecule has 0 bridgehead atoms. The van der Waals surface area contributed by atoms with Gasteiger partial charge in [0.15, 0.2) is 0 Å². The van der Waals surface area contributed by atoms with Gasteiger partial charge in [-0.3, -0.25) is 19.7 Å². The molecule has 2 unspecified atom stereocenters. The third kappa shape index (κ3) is 2.12. The normalized spacial score (nSPS) is 32.6. The lowest BCUT2D eigenvalue weighted by molar-refractivity contribution is -0.155. The van der Waals surface area contributed by atoms with Gasteiger partial charge in [0.05, 0.1) is 5.41 Å². The first-order valence-corrected chi connectivity index (χ1v) is 6.33. The van der Waals surface area contributed by atoms with E-state index >= 15 is 0 Å². The Morgan fingerprint density at radius 3 is 2.78 bits per heavy atom. The van der Waals surface area contributed by atoms with Gasteiger partial charge in [0.2, 0.25) is 17.7 Å². The minimum absolute atomic E-state index is 0.0152. The molecule has 2 heterocycles. The summed E-state index contributed by atoms with van der Waals surface area (Å²) in [4.78, 5) is 37.1. The van der Waals surface area contributed by atoms with Crippen molar-refractivity contribution in [3.05, 3.63) is 0 Å². The van der Waals surface area contributed by atoms with Gasteiger partial charge in [0.1, 0.15) is 12.6 Å². The molecule has 18 heavy (non-hydrogen) atoms. The number of piperazine rings is 1. The van der Waals surface area contributed by atoms with Gasteiger partial charge in [-0.1, -0.05) is 6.92 Å². The summed E-state index contributed by atoms with van der Waals surface area (Å²) >= 11 is 0. The number of carbonyl (C=O) groups excluding carboxylic acids is 3. The lowest BCUT2D eigenvalue weighted by atomic mass is 9.87. The van der Waals surface area contributed by atoms with Crippen molar-refractivity contribution in [1.29, 1.82) is 0 Å². The molecule has 0 radical (unpaired) electrons. The highest BCUT2D eigenvalue weighted by Gasteiger charge is 2.44. The van der Waals surface area contributed by atoms with E-state index in [0.29, 0.717) is 13.0 Å². The topological polar surface area (TPSA) is 78.5 Å². The Morgan fingerprint density at radius 1 is 1.50 bits per heavy atom. The molecule has 0 aromatic carbocycles. The molecule has 100 valence electrons.